The summed E-state index contributed by atoms with van der Waals surface area (Å²) in [5.74, 6) is 5.24. The van der Waals surface area contributed by atoms with Gasteiger partial charge in [0.15, 0.2) is 0 Å². The lowest BCUT2D eigenvalue weighted by atomic mass is 10.2. The van der Waals surface area contributed by atoms with E-state index < -0.39 is 0 Å². The number of anilines is 2. The van der Waals surface area contributed by atoms with Gasteiger partial charge >= 0.3 is 0 Å². The van der Waals surface area contributed by atoms with Crippen LogP contribution >= 0.6 is 11.8 Å². The number of nitrogen functional groups attached to an aromatic ring is 1. The number of hydrogen-bond acceptors (Lipinski definition) is 5. The van der Waals surface area contributed by atoms with Gasteiger partial charge in [-0.15, -0.1) is 0 Å². The van der Waals surface area contributed by atoms with Crippen molar-refractivity contribution in [1.82, 2.24) is 9.97 Å². The molecule has 0 saturated carbocycles. The molecule has 0 aliphatic carbocycles. The minimum atomic E-state index is 0.313. The van der Waals surface area contributed by atoms with Crippen molar-refractivity contribution < 1.29 is 0 Å². The number of nitrogens with two attached hydrogens (primary N) is 1. The predicted octanol–water partition coefficient (Wildman–Crippen LogP) is 2.43. The Morgan fingerprint density at radius 1 is 1.22 bits per heavy atom. The van der Waals surface area contributed by atoms with E-state index in [0.717, 1.165) is 30.3 Å². The van der Waals surface area contributed by atoms with Gasteiger partial charge in [0, 0.05) is 30.3 Å². The van der Waals surface area contributed by atoms with E-state index in [2.05, 4.69) is 23.7 Å². The van der Waals surface area contributed by atoms with Gasteiger partial charge in [0.25, 0.3) is 0 Å². The maximum atomic E-state index is 6.02. The van der Waals surface area contributed by atoms with Gasteiger partial charge in [0.1, 0.15) is 17.5 Å². The monoisotopic (exact) mass is 266 g/mol. The summed E-state index contributed by atoms with van der Waals surface area (Å²) in [5.41, 5.74) is 7.04. The molecular formula is C13H22N4S. The highest BCUT2D eigenvalue weighted by Gasteiger charge is 2.17. The van der Waals surface area contributed by atoms with E-state index in [9.17, 15) is 0 Å². The van der Waals surface area contributed by atoms with Crippen molar-refractivity contribution in [3.05, 3.63) is 11.4 Å². The molecular weight excluding hydrogens is 244 g/mol. The molecule has 1 aromatic heterocycles. The van der Waals surface area contributed by atoms with Gasteiger partial charge < -0.3 is 10.6 Å². The number of aromatic nitrogens is 2. The van der Waals surface area contributed by atoms with E-state index in [4.69, 9.17) is 10.7 Å². The first kappa shape index (κ1) is 13.5. The molecule has 1 aliphatic heterocycles. The first-order chi connectivity index (χ1) is 8.59. The van der Waals surface area contributed by atoms with E-state index in [0.29, 0.717) is 11.7 Å². The van der Waals surface area contributed by atoms with Gasteiger partial charge in [-0.3, -0.25) is 0 Å². The normalized spacial score (nSPS) is 17.0. The van der Waals surface area contributed by atoms with E-state index in [1.807, 2.05) is 18.7 Å². The summed E-state index contributed by atoms with van der Waals surface area (Å²) in [7, 11) is 0. The highest BCUT2D eigenvalue weighted by molar-refractivity contribution is 7.99. The zero-order valence-electron chi connectivity index (χ0n) is 11.4. The van der Waals surface area contributed by atoms with E-state index >= 15 is 0 Å². The van der Waals surface area contributed by atoms with Crippen molar-refractivity contribution in [1.29, 1.82) is 0 Å². The van der Waals surface area contributed by atoms with Crippen LogP contribution in [0.1, 0.15) is 37.6 Å². The smallest absolute Gasteiger partial charge is 0.137 e. The molecule has 1 aromatic rings. The van der Waals surface area contributed by atoms with Crippen LogP contribution in [0.2, 0.25) is 0 Å². The Morgan fingerprint density at radius 2 is 2.00 bits per heavy atom. The molecule has 5 heteroatoms. The second kappa shape index (κ2) is 5.78. The summed E-state index contributed by atoms with van der Waals surface area (Å²) < 4.78 is 0. The third kappa shape index (κ3) is 2.88. The Kier molecular flexibility index (Phi) is 4.32. The first-order valence-corrected chi connectivity index (χ1v) is 7.71. The molecule has 0 spiro atoms. The van der Waals surface area contributed by atoms with Gasteiger partial charge in [-0.25, -0.2) is 9.97 Å². The summed E-state index contributed by atoms with van der Waals surface area (Å²) in [6, 6.07) is 0. The molecule has 1 saturated heterocycles. The Bertz CT molecular complexity index is 412. The zero-order chi connectivity index (χ0) is 13.1. The van der Waals surface area contributed by atoms with Crippen molar-refractivity contribution in [3.8, 4) is 0 Å². The molecule has 0 atom stereocenters. The fourth-order valence-corrected chi connectivity index (χ4v) is 2.95. The fourth-order valence-electron chi connectivity index (χ4n) is 2.06. The molecule has 1 aliphatic rings. The maximum Gasteiger partial charge on any atom is 0.137 e. The maximum absolute atomic E-state index is 6.02. The second-order valence-corrected chi connectivity index (χ2v) is 6.25. The fraction of sp³-hybridized carbons (Fsp3) is 0.692. The molecule has 1 fully saturated rings. The molecule has 2 rings (SSSR count). The lowest BCUT2D eigenvalue weighted by molar-refractivity contribution is 0.744. The van der Waals surface area contributed by atoms with Crippen LogP contribution in [0.5, 0.6) is 0 Å². The molecule has 0 aromatic carbocycles. The third-order valence-electron chi connectivity index (χ3n) is 3.21. The van der Waals surface area contributed by atoms with Crippen LogP contribution in [0.25, 0.3) is 0 Å². The Balaban J connectivity index is 2.35. The van der Waals surface area contributed by atoms with Crippen LogP contribution < -0.4 is 10.6 Å². The number of thioether (sulfide) groups is 1. The average molecular weight is 266 g/mol. The standard InChI is InChI=1S/C13H22N4S/c1-9(2)12-15-11(14)10(3)13(16-12)17-5-4-7-18-8-6-17/h9H,4-8H2,1-3H3,(H2,14,15,16). The van der Waals surface area contributed by atoms with Gasteiger partial charge in [-0.1, -0.05) is 13.8 Å². The molecule has 0 unspecified atom stereocenters. The van der Waals surface area contributed by atoms with Crippen molar-refractivity contribution in [2.75, 3.05) is 35.2 Å². The van der Waals surface area contributed by atoms with Crippen LogP contribution in [-0.4, -0.2) is 34.6 Å². The SMILES string of the molecule is Cc1c(N)nc(C(C)C)nc1N1CCCSCC1. The van der Waals surface area contributed by atoms with Gasteiger partial charge in [-0.05, 0) is 19.1 Å². The summed E-state index contributed by atoms with van der Waals surface area (Å²) >= 11 is 2.02. The van der Waals surface area contributed by atoms with E-state index in [1.54, 1.807) is 0 Å². The summed E-state index contributed by atoms with van der Waals surface area (Å²) in [6.07, 6.45) is 1.21. The molecule has 0 amide bonds. The zero-order valence-corrected chi connectivity index (χ0v) is 12.3. The van der Waals surface area contributed by atoms with Crippen LogP contribution in [0.4, 0.5) is 11.6 Å². The minimum absolute atomic E-state index is 0.313. The van der Waals surface area contributed by atoms with Crippen molar-refractivity contribution in [3.63, 3.8) is 0 Å². The van der Waals surface area contributed by atoms with Crippen LogP contribution in [0.3, 0.4) is 0 Å². The Labute approximate surface area is 113 Å². The lowest BCUT2D eigenvalue weighted by Gasteiger charge is -2.24. The second-order valence-electron chi connectivity index (χ2n) is 5.02. The third-order valence-corrected chi connectivity index (χ3v) is 4.26. The number of rotatable bonds is 2. The summed E-state index contributed by atoms with van der Waals surface area (Å²) in [6.45, 7) is 8.35. The largest absolute Gasteiger partial charge is 0.383 e. The van der Waals surface area contributed by atoms with Gasteiger partial charge in [-0.2, -0.15) is 11.8 Å². The van der Waals surface area contributed by atoms with Crippen molar-refractivity contribution >= 4 is 23.4 Å². The van der Waals surface area contributed by atoms with Crippen LogP contribution in [-0.2, 0) is 0 Å². The molecule has 4 nitrogen and oxygen atoms in total. The quantitative estimate of drug-likeness (QED) is 0.891. The van der Waals surface area contributed by atoms with E-state index in [-0.39, 0.29) is 0 Å². The number of hydrogen-bond donors (Lipinski definition) is 1. The van der Waals surface area contributed by atoms with Gasteiger partial charge in [0.2, 0.25) is 0 Å². The Morgan fingerprint density at radius 3 is 2.72 bits per heavy atom. The van der Waals surface area contributed by atoms with Crippen LogP contribution in [0, 0.1) is 6.92 Å². The molecule has 100 valence electrons. The molecule has 0 radical (unpaired) electrons. The molecule has 2 N–H and O–H groups in total. The molecule has 0 bridgehead atoms. The van der Waals surface area contributed by atoms with Gasteiger partial charge in [0.05, 0.1) is 0 Å². The number of nitrogens with zero attached hydrogens (tertiary/aromatic N) is 3. The topological polar surface area (TPSA) is 55.0 Å². The average Bonchev–Trinajstić information content (AvgIpc) is 2.61. The summed E-state index contributed by atoms with van der Waals surface area (Å²) in [5, 5.41) is 0. The first-order valence-electron chi connectivity index (χ1n) is 6.56. The highest BCUT2D eigenvalue weighted by Crippen LogP contribution is 2.26. The predicted molar refractivity (Wildman–Crippen MR) is 79.4 cm³/mol. The highest BCUT2D eigenvalue weighted by atomic mass is 32.2. The van der Waals surface area contributed by atoms with Crippen molar-refractivity contribution in [2.45, 2.75) is 33.1 Å². The lowest BCUT2D eigenvalue weighted by Crippen LogP contribution is -2.28. The minimum Gasteiger partial charge on any atom is -0.383 e. The molecule has 2 heterocycles. The Hall–Kier alpha value is -0.970. The van der Waals surface area contributed by atoms with Crippen LogP contribution in [0.15, 0.2) is 0 Å². The van der Waals surface area contributed by atoms with Crippen molar-refractivity contribution in [2.24, 2.45) is 0 Å². The summed E-state index contributed by atoms with van der Waals surface area (Å²) in [4.78, 5) is 11.5. The molecule has 18 heavy (non-hydrogen) atoms. The van der Waals surface area contributed by atoms with E-state index in [1.165, 1.54) is 17.9 Å².